The first-order valence-corrected chi connectivity index (χ1v) is 6.52. The van der Waals surface area contributed by atoms with Crippen LogP contribution in [0, 0.1) is 0 Å². The van der Waals surface area contributed by atoms with Gasteiger partial charge >= 0.3 is 0 Å². The Balaban J connectivity index is 2.01. The van der Waals surface area contributed by atoms with E-state index in [1.165, 1.54) is 11.3 Å². The lowest BCUT2D eigenvalue weighted by atomic mass is 10.4. The zero-order chi connectivity index (χ0) is 12.8. The van der Waals surface area contributed by atoms with E-state index in [1.807, 2.05) is 22.4 Å². The molecule has 2 aromatic rings. The summed E-state index contributed by atoms with van der Waals surface area (Å²) in [5.74, 6) is 1.06. The van der Waals surface area contributed by atoms with Crippen molar-refractivity contribution in [3.05, 3.63) is 23.3 Å². The zero-order valence-corrected chi connectivity index (χ0v) is 10.6. The van der Waals surface area contributed by atoms with Gasteiger partial charge in [0.15, 0.2) is 5.82 Å². The first-order chi connectivity index (χ1) is 8.83. The molecule has 0 spiro atoms. The summed E-state index contributed by atoms with van der Waals surface area (Å²) in [5, 5.41) is 23.7. The quantitative estimate of drug-likeness (QED) is 0.765. The van der Waals surface area contributed by atoms with Gasteiger partial charge in [-0.1, -0.05) is 11.2 Å². The maximum atomic E-state index is 8.91. The van der Waals surface area contributed by atoms with Crippen LogP contribution in [0.25, 0.3) is 10.8 Å². The fourth-order valence-electron chi connectivity index (χ4n) is 1.57. The maximum absolute atomic E-state index is 8.91. The Morgan fingerprint density at radius 3 is 2.67 bits per heavy atom. The van der Waals surface area contributed by atoms with Crippen molar-refractivity contribution in [1.82, 2.24) is 15.0 Å². The molecule has 18 heavy (non-hydrogen) atoms. The predicted molar refractivity (Wildman–Crippen MR) is 67.1 cm³/mol. The first-order valence-electron chi connectivity index (χ1n) is 5.64. The lowest BCUT2D eigenvalue weighted by molar-refractivity contribution is 0.152. The molecule has 0 atom stereocenters. The Morgan fingerprint density at radius 1 is 1.28 bits per heavy atom. The molecule has 6 nitrogen and oxygen atoms in total. The van der Waals surface area contributed by atoms with E-state index in [0.29, 0.717) is 31.3 Å². The highest BCUT2D eigenvalue weighted by Gasteiger charge is 2.12. The molecule has 2 heterocycles. The molecule has 0 bridgehead atoms. The Bertz CT molecular complexity index is 452. The molecule has 0 aromatic carbocycles. The molecule has 98 valence electrons. The summed E-state index contributed by atoms with van der Waals surface area (Å²) in [6.45, 7) is 1.48. The number of aliphatic hydroxyl groups is 2. The maximum Gasteiger partial charge on any atom is 0.268 e. The lowest BCUT2D eigenvalue weighted by Gasteiger charge is -2.17. The van der Waals surface area contributed by atoms with E-state index in [4.69, 9.17) is 14.7 Å². The molecule has 0 aliphatic rings. The van der Waals surface area contributed by atoms with Crippen LogP contribution in [0.15, 0.2) is 22.0 Å². The third-order valence-electron chi connectivity index (χ3n) is 2.40. The fourth-order valence-corrected chi connectivity index (χ4v) is 2.22. The third-order valence-corrected chi connectivity index (χ3v) is 3.26. The minimum absolute atomic E-state index is 0.0373. The third kappa shape index (κ3) is 3.36. The van der Waals surface area contributed by atoms with E-state index in [0.717, 1.165) is 4.88 Å². The average Bonchev–Trinajstić information content (AvgIpc) is 2.98. The van der Waals surface area contributed by atoms with Gasteiger partial charge in [0.2, 0.25) is 0 Å². The first kappa shape index (κ1) is 13.2. The highest BCUT2D eigenvalue weighted by Crippen LogP contribution is 2.22. The van der Waals surface area contributed by atoms with Crippen LogP contribution in [-0.2, 0) is 6.54 Å². The van der Waals surface area contributed by atoms with Crippen LogP contribution < -0.4 is 0 Å². The monoisotopic (exact) mass is 269 g/mol. The molecule has 0 aliphatic heterocycles. The Labute approximate surface area is 108 Å². The Hall–Kier alpha value is -1.28. The van der Waals surface area contributed by atoms with Gasteiger partial charge in [-0.05, 0) is 11.4 Å². The van der Waals surface area contributed by atoms with E-state index in [-0.39, 0.29) is 13.2 Å². The molecule has 0 radical (unpaired) electrons. The second kappa shape index (κ2) is 6.60. The number of rotatable bonds is 7. The van der Waals surface area contributed by atoms with E-state index < -0.39 is 0 Å². The standard InChI is InChI=1S/C11H15N3O3S/c15-5-3-14(4-6-16)8-10-12-11(17-13-10)9-2-1-7-18-9/h1-2,7,15-16H,3-6,8H2. The van der Waals surface area contributed by atoms with Crippen LogP contribution in [0.2, 0.25) is 0 Å². The van der Waals surface area contributed by atoms with E-state index in [2.05, 4.69) is 10.1 Å². The molecule has 0 unspecified atom stereocenters. The van der Waals surface area contributed by atoms with Crippen LogP contribution >= 0.6 is 11.3 Å². The van der Waals surface area contributed by atoms with Gasteiger partial charge in [0.25, 0.3) is 5.89 Å². The van der Waals surface area contributed by atoms with Gasteiger partial charge in [0, 0.05) is 13.1 Å². The topological polar surface area (TPSA) is 82.6 Å². The van der Waals surface area contributed by atoms with Crippen LogP contribution in [0.3, 0.4) is 0 Å². The molecule has 0 fully saturated rings. The van der Waals surface area contributed by atoms with Crippen molar-refractivity contribution in [1.29, 1.82) is 0 Å². The minimum Gasteiger partial charge on any atom is -0.395 e. The van der Waals surface area contributed by atoms with E-state index in [9.17, 15) is 0 Å². The van der Waals surface area contributed by atoms with Crippen molar-refractivity contribution in [2.45, 2.75) is 6.54 Å². The summed E-state index contributed by atoms with van der Waals surface area (Å²) < 4.78 is 5.16. The van der Waals surface area contributed by atoms with Crippen LogP contribution in [-0.4, -0.2) is 51.6 Å². The second-order valence-electron chi connectivity index (χ2n) is 3.72. The van der Waals surface area contributed by atoms with Gasteiger partial charge in [-0.2, -0.15) is 4.98 Å². The zero-order valence-electron chi connectivity index (χ0n) is 9.82. The van der Waals surface area contributed by atoms with Gasteiger partial charge < -0.3 is 14.7 Å². The van der Waals surface area contributed by atoms with Crippen LogP contribution in [0.4, 0.5) is 0 Å². The number of nitrogens with zero attached hydrogens (tertiary/aromatic N) is 3. The molecule has 2 N–H and O–H groups in total. The number of thiophene rings is 1. The molecule has 7 heteroatoms. The molecule has 2 aromatic heterocycles. The smallest absolute Gasteiger partial charge is 0.268 e. The largest absolute Gasteiger partial charge is 0.395 e. The molecule has 2 rings (SSSR count). The van der Waals surface area contributed by atoms with Gasteiger partial charge in [-0.25, -0.2) is 0 Å². The van der Waals surface area contributed by atoms with Crippen molar-refractivity contribution in [3.8, 4) is 10.8 Å². The number of aromatic nitrogens is 2. The number of hydrogen-bond acceptors (Lipinski definition) is 7. The summed E-state index contributed by atoms with van der Waals surface area (Å²) in [6.07, 6.45) is 0. The minimum atomic E-state index is 0.0373. The molecular weight excluding hydrogens is 254 g/mol. The summed E-state index contributed by atoms with van der Waals surface area (Å²) in [4.78, 5) is 7.08. The van der Waals surface area contributed by atoms with Crippen molar-refractivity contribution in [3.63, 3.8) is 0 Å². The molecule has 0 aliphatic carbocycles. The van der Waals surface area contributed by atoms with Crippen molar-refractivity contribution in [2.75, 3.05) is 26.3 Å². The van der Waals surface area contributed by atoms with E-state index >= 15 is 0 Å². The van der Waals surface area contributed by atoms with Gasteiger partial charge in [-0.15, -0.1) is 11.3 Å². The summed E-state index contributed by atoms with van der Waals surface area (Å²) in [6, 6.07) is 3.84. The molecular formula is C11H15N3O3S. The number of hydrogen-bond donors (Lipinski definition) is 2. The predicted octanol–water partition coefficient (Wildman–Crippen LogP) is 0.585. The van der Waals surface area contributed by atoms with Crippen LogP contribution in [0.1, 0.15) is 5.82 Å². The van der Waals surface area contributed by atoms with Crippen molar-refractivity contribution in [2.24, 2.45) is 0 Å². The summed E-state index contributed by atoms with van der Waals surface area (Å²) in [5.41, 5.74) is 0. The normalized spacial score (nSPS) is 11.3. The van der Waals surface area contributed by atoms with Gasteiger partial charge in [0.05, 0.1) is 24.6 Å². The second-order valence-corrected chi connectivity index (χ2v) is 4.66. The SMILES string of the molecule is OCCN(CCO)Cc1noc(-c2cccs2)n1. The Kier molecular flexibility index (Phi) is 4.82. The number of aliphatic hydroxyl groups excluding tert-OH is 2. The average molecular weight is 269 g/mol. The highest BCUT2D eigenvalue weighted by atomic mass is 32.1. The Morgan fingerprint density at radius 2 is 2.06 bits per heavy atom. The molecule has 0 saturated heterocycles. The summed E-state index contributed by atoms with van der Waals surface area (Å²) in [7, 11) is 0. The van der Waals surface area contributed by atoms with Crippen molar-refractivity contribution >= 4 is 11.3 Å². The summed E-state index contributed by atoms with van der Waals surface area (Å²) >= 11 is 1.54. The molecule has 0 amide bonds. The molecule has 0 saturated carbocycles. The van der Waals surface area contributed by atoms with E-state index in [1.54, 1.807) is 0 Å². The highest BCUT2D eigenvalue weighted by molar-refractivity contribution is 7.13. The lowest BCUT2D eigenvalue weighted by Crippen LogP contribution is -2.29. The van der Waals surface area contributed by atoms with Gasteiger partial charge in [-0.3, -0.25) is 4.90 Å². The van der Waals surface area contributed by atoms with Gasteiger partial charge in [0.1, 0.15) is 0 Å². The fraction of sp³-hybridized carbons (Fsp3) is 0.455. The van der Waals surface area contributed by atoms with Crippen molar-refractivity contribution < 1.29 is 14.7 Å². The van der Waals surface area contributed by atoms with Crippen LogP contribution in [0.5, 0.6) is 0 Å².